The summed E-state index contributed by atoms with van der Waals surface area (Å²) in [5.41, 5.74) is -0.437. The van der Waals surface area contributed by atoms with Crippen LogP contribution in [0.25, 0.3) is 0 Å². The highest BCUT2D eigenvalue weighted by molar-refractivity contribution is 6.30. The fourth-order valence-electron chi connectivity index (χ4n) is 5.01. The molecule has 0 amide bonds. The fraction of sp³-hybridized carbons (Fsp3) is 0.423. The van der Waals surface area contributed by atoms with E-state index in [1.54, 1.807) is 32.0 Å². The number of aliphatic carboxylic acids is 1. The number of hydrogen-bond acceptors (Lipinski definition) is 5. The zero-order valence-corrected chi connectivity index (χ0v) is 21.6. The molecule has 1 saturated heterocycles. The third-order valence-corrected chi connectivity index (χ3v) is 7.39. The minimum absolute atomic E-state index is 0.0287. The molecular weight excluding hydrogens is 507 g/mol. The molecule has 0 spiro atoms. The lowest BCUT2D eigenvalue weighted by molar-refractivity contribution is -0.153. The number of carboxylic acids is 1. The first-order valence-electron chi connectivity index (χ1n) is 12.1. The lowest BCUT2D eigenvalue weighted by Crippen LogP contribution is -2.50. The van der Waals surface area contributed by atoms with Crippen LogP contribution in [0, 0.1) is 29.8 Å². The summed E-state index contributed by atoms with van der Waals surface area (Å²) in [7, 11) is 0. The molecule has 1 aliphatic heterocycles. The highest BCUT2D eigenvalue weighted by Gasteiger charge is 2.45. The van der Waals surface area contributed by atoms with E-state index in [0.717, 1.165) is 5.69 Å². The average molecular weight is 536 g/mol. The first kappa shape index (κ1) is 26.9. The Morgan fingerprint density at radius 2 is 2.05 bits per heavy atom. The van der Waals surface area contributed by atoms with Gasteiger partial charge in [0, 0.05) is 41.9 Å². The first-order valence-corrected chi connectivity index (χ1v) is 12.5. The van der Waals surface area contributed by atoms with Crippen molar-refractivity contribution in [3.8, 4) is 0 Å². The van der Waals surface area contributed by atoms with Gasteiger partial charge in [0.2, 0.25) is 0 Å². The molecule has 1 aromatic carbocycles. The number of aromatic nitrogens is 3. The van der Waals surface area contributed by atoms with Gasteiger partial charge in [-0.3, -0.25) is 14.8 Å². The monoisotopic (exact) mass is 535 g/mol. The normalized spacial score (nSPS) is 20.2. The smallest absolute Gasteiger partial charge is 0.310 e. The fourth-order valence-corrected chi connectivity index (χ4v) is 5.20. The number of nitrogens with one attached hydrogen (secondary N) is 2. The molecule has 198 valence electrons. The van der Waals surface area contributed by atoms with Crippen LogP contribution in [0.1, 0.15) is 49.2 Å². The number of carbonyl (C=O) groups is 1. The number of hydrogen-bond donors (Lipinski definition) is 3. The third-order valence-electron chi connectivity index (χ3n) is 7.10. The molecule has 0 radical (unpaired) electrons. The van der Waals surface area contributed by atoms with Gasteiger partial charge in [-0.15, -0.1) is 0 Å². The van der Waals surface area contributed by atoms with Gasteiger partial charge >= 0.3 is 5.97 Å². The van der Waals surface area contributed by atoms with Gasteiger partial charge in [0.1, 0.15) is 5.82 Å². The van der Waals surface area contributed by atoms with E-state index < -0.39 is 28.8 Å². The van der Waals surface area contributed by atoms with Gasteiger partial charge in [0.25, 0.3) is 0 Å². The molecule has 3 N–H and O–H groups in total. The van der Waals surface area contributed by atoms with Gasteiger partial charge in [0.15, 0.2) is 23.3 Å². The van der Waals surface area contributed by atoms with Gasteiger partial charge in [-0.25, -0.2) is 18.2 Å². The Morgan fingerprint density at radius 1 is 1.30 bits per heavy atom. The number of likely N-dealkylation sites (tertiary alicyclic amines) is 1. The Balaban J connectivity index is 1.61. The molecule has 37 heavy (non-hydrogen) atoms. The van der Waals surface area contributed by atoms with Gasteiger partial charge in [-0.05, 0) is 45.7 Å². The summed E-state index contributed by atoms with van der Waals surface area (Å²) in [6.07, 6.45) is 0.234. The van der Waals surface area contributed by atoms with Crippen LogP contribution in [0.3, 0.4) is 0 Å². The molecule has 1 fully saturated rings. The molecule has 4 rings (SSSR count). The summed E-state index contributed by atoms with van der Waals surface area (Å²) in [6.45, 7) is 5.87. The van der Waals surface area contributed by atoms with Crippen molar-refractivity contribution in [2.45, 2.75) is 59.0 Å². The highest BCUT2D eigenvalue weighted by Crippen LogP contribution is 2.40. The zero-order chi connectivity index (χ0) is 26.9. The lowest BCUT2D eigenvalue weighted by Gasteiger charge is -2.43. The van der Waals surface area contributed by atoms with Crippen molar-refractivity contribution in [1.82, 2.24) is 20.1 Å². The van der Waals surface area contributed by atoms with Crippen LogP contribution in [0.2, 0.25) is 5.02 Å². The number of aromatic amines is 1. The molecule has 1 aliphatic rings. The van der Waals surface area contributed by atoms with Crippen LogP contribution in [0.15, 0.2) is 24.3 Å². The quantitative estimate of drug-likeness (QED) is 0.338. The number of pyridine rings is 1. The average Bonchev–Trinajstić information content (AvgIpc) is 3.26. The van der Waals surface area contributed by atoms with Crippen molar-refractivity contribution >= 4 is 29.2 Å². The largest absolute Gasteiger partial charge is 0.481 e. The van der Waals surface area contributed by atoms with Crippen LogP contribution in [-0.4, -0.2) is 43.7 Å². The summed E-state index contributed by atoms with van der Waals surface area (Å²) in [5.74, 6) is -3.13. The lowest BCUT2D eigenvalue weighted by atomic mass is 9.72. The summed E-state index contributed by atoms with van der Waals surface area (Å²) < 4.78 is 44.9. The van der Waals surface area contributed by atoms with Crippen molar-refractivity contribution in [3.63, 3.8) is 0 Å². The number of benzene rings is 1. The second kappa shape index (κ2) is 10.7. The maximum Gasteiger partial charge on any atom is 0.310 e. The molecule has 0 saturated carbocycles. The highest BCUT2D eigenvalue weighted by atomic mass is 35.5. The maximum absolute atomic E-state index is 15.4. The summed E-state index contributed by atoms with van der Waals surface area (Å²) in [4.78, 5) is 18.7. The SMILES string of the molecule is CCc1c(F)c(C[C@@]2(C(=O)O)CCN(Cc3cccc(Cl)c3F)[C@H](C)C2)nc(Nc2cc(C)[nH]n2)c1F. The van der Waals surface area contributed by atoms with Crippen molar-refractivity contribution < 1.29 is 23.1 Å². The van der Waals surface area contributed by atoms with Crippen LogP contribution < -0.4 is 5.32 Å². The molecule has 3 aromatic rings. The van der Waals surface area contributed by atoms with Gasteiger partial charge in [-0.1, -0.05) is 30.7 Å². The van der Waals surface area contributed by atoms with E-state index >= 15 is 8.78 Å². The van der Waals surface area contributed by atoms with Crippen LogP contribution >= 0.6 is 11.6 Å². The summed E-state index contributed by atoms with van der Waals surface area (Å²) in [5, 5.41) is 19.8. The number of H-pyrrole nitrogens is 1. The van der Waals surface area contributed by atoms with Crippen molar-refractivity contribution in [2.24, 2.45) is 5.41 Å². The zero-order valence-electron chi connectivity index (χ0n) is 20.8. The number of nitrogens with zero attached hydrogens (tertiary/aromatic N) is 3. The molecule has 7 nitrogen and oxygen atoms in total. The number of carboxylic acid groups (broad SMARTS) is 1. The molecule has 0 bridgehead atoms. The summed E-state index contributed by atoms with van der Waals surface area (Å²) >= 11 is 5.91. The predicted octanol–water partition coefficient (Wildman–Crippen LogP) is 5.79. The number of piperidine rings is 1. The number of halogens is 4. The number of rotatable bonds is 8. The minimum Gasteiger partial charge on any atom is -0.481 e. The van der Waals surface area contributed by atoms with E-state index in [4.69, 9.17) is 11.6 Å². The minimum atomic E-state index is -1.32. The van der Waals surface area contributed by atoms with E-state index in [2.05, 4.69) is 20.5 Å². The van der Waals surface area contributed by atoms with E-state index in [0.29, 0.717) is 17.9 Å². The Kier molecular flexibility index (Phi) is 7.80. The van der Waals surface area contributed by atoms with Crippen molar-refractivity contribution in [1.29, 1.82) is 0 Å². The molecule has 2 aromatic heterocycles. The Labute approximate surface area is 218 Å². The predicted molar refractivity (Wildman–Crippen MR) is 134 cm³/mol. The van der Waals surface area contributed by atoms with Gasteiger partial charge < -0.3 is 10.4 Å². The molecule has 3 heterocycles. The second-order valence-electron chi connectivity index (χ2n) is 9.68. The van der Waals surface area contributed by atoms with Crippen molar-refractivity contribution in [2.75, 3.05) is 11.9 Å². The topological polar surface area (TPSA) is 94.1 Å². The third kappa shape index (κ3) is 5.45. The second-order valence-corrected chi connectivity index (χ2v) is 10.1. The van der Waals surface area contributed by atoms with E-state index in [1.807, 2.05) is 11.8 Å². The van der Waals surface area contributed by atoms with E-state index in [9.17, 15) is 14.3 Å². The Bertz CT molecular complexity index is 1320. The molecule has 2 atom stereocenters. The molecule has 0 unspecified atom stereocenters. The van der Waals surface area contributed by atoms with Gasteiger partial charge in [0.05, 0.1) is 16.1 Å². The summed E-state index contributed by atoms with van der Waals surface area (Å²) in [6, 6.07) is 6.19. The van der Waals surface area contributed by atoms with E-state index in [1.165, 1.54) is 6.07 Å². The maximum atomic E-state index is 15.4. The molecular formula is C26H29ClF3N5O2. The number of aryl methyl sites for hydroxylation is 1. The van der Waals surface area contributed by atoms with Gasteiger partial charge in [-0.2, -0.15) is 5.10 Å². The standard InChI is InChI=1S/C26H29ClF3N5O2/c1-4-17-22(29)19(31-24(23(17)30)32-20-10-14(2)33-34-20)12-26(25(36)37)8-9-35(15(3)11-26)13-16-6-5-7-18(27)21(16)28/h5-7,10,15H,4,8-9,11-13H2,1-3H3,(H,36,37)(H2,31,32,33,34)/t15-,26-/m1/s1. The van der Waals surface area contributed by atoms with Crippen LogP contribution in [-0.2, 0) is 24.2 Å². The number of anilines is 2. The molecule has 0 aliphatic carbocycles. The molecule has 11 heteroatoms. The van der Waals surface area contributed by atoms with Crippen LogP contribution in [0.4, 0.5) is 24.8 Å². The van der Waals surface area contributed by atoms with Crippen LogP contribution in [0.5, 0.6) is 0 Å². The Hall–Kier alpha value is -3.11. The Morgan fingerprint density at radius 3 is 2.68 bits per heavy atom. The first-order chi connectivity index (χ1) is 17.5. The van der Waals surface area contributed by atoms with E-state index in [-0.39, 0.29) is 60.4 Å². The van der Waals surface area contributed by atoms with Crippen molar-refractivity contribution in [3.05, 3.63) is 69.3 Å².